The van der Waals surface area contributed by atoms with Gasteiger partial charge in [0, 0.05) is 26.1 Å². The van der Waals surface area contributed by atoms with Gasteiger partial charge in [0.25, 0.3) is 0 Å². The van der Waals surface area contributed by atoms with Crippen LogP contribution in [0.2, 0.25) is 0 Å². The van der Waals surface area contributed by atoms with Gasteiger partial charge in [0.1, 0.15) is 5.92 Å². The van der Waals surface area contributed by atoms with Gasteiger partial charge in [0.05, 0.1) is 5.92 Å². The number of carboxylic acids is 2. The number of likely N-dealkylation sites (tertiary alicyclic amines) is 1. The van der Waals surface area contributed by atoms with E-state index in [9.17, 15) is 27.6 Å². The molecule has 0 aliphatic carbocycles. The number of hydrogen-bond donors (Lipinski definition) is 4. The number of alkyl halides is 3. The van der Waals surface area contributed by atoms with E-state index >= 15 is 0 Å². The van der Waals surface area contributed by atoms with E-state index in [1.807, 2.05) is 0 Å². The number of aliphatic carboxylic acids is 2. The van der Waals surface area contributed by atoms with E-state index < -0.39 is 24.0 Å². The number of hydrogen-bond acceptors (Lipinski definition) is 5. The van der Waals surface area contributed by atoms with Gasteiger partial charge in [-0.2, -0.15) is 13.2 Å². The largest absolute Gasteiger partial charge is 0.490 e. The summed E-state index contributed by atoms with van der Waals surface area (Å²) in [7, 11) is 0. The maximum absolute atomic E-state index is 12.3. The molecule has 12 heteroatoms. The van der Waals surface area contributed by atoms with Crippen LogP contribution in [0, 0.1) is 30.1 Å². The SMILES string of the molecule is C#C[C@@H](CNC(=O)[C@@H]1CCCN(C(=O)CCCC2CNC2)C1)C(=O)O.O=C(O)C(F)(F)F. The van der Waals surface area contributed by atoms with Crippen molar-refractivity contribution < 1.29 is 42.6 Å². The summed E-state index contributed by atoms with van der Waals surface area (Å²) >= 11 is 0. The van der Waals surface area contributed by atoms with Gasteiger partial charge in [-0.05, 0) is 44.7 Å². The number of nitrogens with one attached hydrogen (secondary N) is 2. The molecule has 2 fully saturated rings. The molecule has 0 aromatic carbocycles. The molecule has 2 atom stereocenters. The lowest BCUT2D eigenvalue weighted by molar-refractivity contribution is -0.192. The highest BCUT2D eigenvalue weighted by atomic mass is 19.4. The van der Waals surface area contributed by atoms with Crippen molar-refractivity contribution in [2.45, 2.75) is 38.3 Å². The predicted molar refractivity (Wildman–Crippen MR) is 106 cm³/mol. The second-order valence-electron chi connectivity index (χ2n) is 7.70. The zero-order valence-corrected chi connectivity index (χ0v) is 17.5. The van der Waals surface area contributed by atoms with Gasteiger partial charge >= 0.3 is 18.1 Å². The lowest BCUT2D eigenvalue weighted by Crippen LogP contribution is -2.46. The molecular weight excluding hydrogens is 435 g/mol. The molecule has 0 aromatic rings. The topological polar surface area (TPSA) is 136 Å². The molecule has 2 aliphatic rings. The first-order valence-electron chi connectivity index (χ1n) is 10.2. The van der Waals surface area contributed by atoms with E-state index in [4.69, 9.17) is 21.4 Å². The number of piperidine rings is 1. The fraction of sp³-hybridized carbons (Fsp3) is 0.700. The highest BCUT2D eigenvalue weighted by molar-refractivity contribution is 5.82. The molecule has 2 amide bonds. The molecule has 2 aliphatic heterocycles. The van der Waals surface area contributed by atoms with Crippen molar-refractivity contribution in [2.75, 3.05) is 32.7 Å². The van der Waals surface area contributed by atoms with Crippen LogP contribution in [0.25, 0.3) is 0 Å². The minimum Gasteiger partial charge on any atom is -0.480 e. The molecule has 9 nitrogen and oxygen atoms in total. The second kappa shape index (κ2) is 12.9. The molecule has 0 spiro atoms. The summed E-state index contributed by atoms with van der Waals surface area (Å²) < 4.78 is 31.7. The van der Waals surface area contributed by atoms with E-state index in [1.165, 1.54) is 0 Å². The summed E-state index contributed by atoms with van der Waals surface area (Å²) in [5.74, 6) is -2.46. The summed E-state index contributed by atoms with van der Waals surface area (Å²) in [4.78, 5) is 46.1. The minimum absolute atomic E-state index is 0.0788. The Morgan fingerprint density at radius 1 is 1.22 bits per heavy atom. The Morgan fingerprint density at radius 2 is 1.84 bits per heavy atom. The Kier molecular flexibility index (Phi) is 11.0. The molecule has 0 unspecified atom stereocenters. The van der Waals surface area contributed by atoms with Gasteiger partial charge in [0.15, 0.2) is 0 Å². The van der Waals surface area contributed by atoms with Crippen LogP contribution in [0.3, 0.4) is 0 Å². The smallest absolute Gasteiger partial charge is 0.480 e. The molecule has 2 rings (SSSR count). The van der Waals surface area contributed by atoms with Gasteiger partial charge in [0.2, 0.25) is 11.8 Å². The first-order valence-corrected chi connectivity index (χ1v) is 10.2. The van der Waals surface area contributed by atoms with E-state index in [-0.39, 0.29) is 24.3 Å². The first kappa shape index (κ1) is 27.2. The minimum atomic E-state index is -5.08. The van der Waals surface area contributed by atoms with Crippen LogP contribution < -0.4 is 10.6 Å². The van der Waals surface area contributed by atoms with Crippen molar-refractivity contribution in [1.29, 1.82) is 0 Å². The van der Waals surface area contributed by atoms with Crippen molar-refractivity contribution in [3.8, 4) is 12.3 Å². The number of carbonyl (C=O) groups is 4. The van der Waals surface area contributed by atoms with Gasteiger partial charge in [-0.25, -0.2) is 4.79 Å². The van der Waals surface area contributed by atoms with Gasteiger partial charge in [-0.3, -0.25) is 14.4 Å². The maximum atomic E-state index is 12.3. The van der Waals surface area contributed by atoms with Crippen LogP contribution in [0.5, 0.6) is 0 Å². The lowest BCUT2D eigenvalue weighted by atomic mass is 9.94. The fourth-order valence-electron chi connectivity index (χ4n) is 3.23. The van der Waals surface area contributed by atoms with Gasteiger partial charge in [-0.1, -0.05) is 5.92 Å². The zero-order valence-electron chi connectivity index (χ0n) is 17.5. The van der Waals surface area contributed by atoms with Gasteiger partial charge < -0.3 is 25.7 Å². The van der Waals surface area contributed by atoms with Crippen LogP contribution in [0.4, 0.5) is 13.2 Å². The number of rotatable bonds is 8. The summed E-state index contributed by atoms with van der Waals surface area (Å²) in [6.45, 7) is 3.12. The summed E-state index contributed by atoms with van der Waals surface area (Å²) in [6, 6.07) is 0. The normalized spacial score (nSPS) is 19.4. The second-order valence-corrected chi connectivity index (χ2v) is 7.70. The third-order valence-corrected chi connectivity index (χ3v) is 5.24. The Morgan fingerprint density at radius 3 is 2.31 bits per heavy atom. The third-order valence-electron chi connectivity index (χ3n) is 5.24. The van der Waals surface area contributed by atoms with Crippen molar-refractivity contribution in [2.24, 2.45) is 17.8 Å². The van der Waals surface area contributed by atoms with Crippen molar-refractivity contribution >= 4 is 23.8 Å². The maximum Gasteiger partial charge on any atom is 0.490 e. The van der Waals surface area contributed by atoms with Crippen molar-refractivity contribution in [3.05, 3.63) is 0 Å². The zero-order chi connectivity index (χ0) is 24.3. The highest BCUT2D eigenvalue weighted by Gasteiger charge is 2.38. The van der Waals surface area contributed by atoms with Crippen LogP contribution in [-0.4, -0.2) is 77.8 Å². The molecule has 2 saturated heterocycles. The number of terminal acetylenes is 1. The molecule has 0 bridgehead atoms. The average Bonchev–Trinajstić information content (AvgIpc) is 2.69. The summed E-state index contributed by atoms with van der Waals surface area (Å²) in [6.07, 6.45) is 4.04. The van der Waals surface area contributed by atoms with E-state index in [2.05, 4.69) is 16.6 Å². The van der Waals surface area contributed by atoms with Crippen LogP contribution in [0.15, 0.2) is 0 Å². The number of carbonyl (C=O) groups excluding carboxylic acids is 2. The van der Waals surface area contributed by atoms with E-state index in [0.29, 0.717) is 31.8 Å². The molecule has 180 valence electrons. The summed E-state index contributed by atoms with van der Waals surface area (Å²) in [5, 5.41) is 21.9. The van der Waals surface area contributed by atoms with E-state index in [1.54, 1.807) is 4.90 Å². The first-order chi connectivity index (χ1) is 15.0. The molecule has 4 N–H and O–H groups in total. The van der Waals surface area contributed by atoms with E-state index in [0.717, 1.165) is 32.4 Å². The molecule has 0 aromatic heterocycles. The van der Waals surface area contributed by atoms with Crippen molar-refractivity contribution in [3.63, 3.8) is 0 Å². The average molecular weight is 463 g/mol. The monoisotopic (exact) mass is 463 g/mol. The van der Waals surface area contributed by atoms with Crippen LogP contribution in [-0.2, 0) is 19.2 Å². The lowest BCUT2D eigenvalue weighted by Gasteiger charge is -2.32. The molecular formula is C20H28F3N3O6. The Bertz CT molecular complexity index is 718. The third kappa shape index (κ3) is 9.55. The highest BCUT2D eigenvalue weighted by Crippen LogP contribution is 2.19. The van der Waals surface area contributed by atoms with Gasteiger partial charge in [-0.15, -0.1) is 6.42 Å². The Hall–Kier alpha value is -2.81. The molecule has 0 radical (unpaired) electrons. The standard InChI is InChI=1S/C18H27N3O4.C2HF3O2/c1-2-14(18(24)25)11-20-17(23)15-6-4-8-21(12-15)16(22)7-3-5-13-9-19-10-13;3-2(4,5)1(6)7/h1,13-15,19H,3-12H2,(H,20,23)(H,24,25);(H,6,7)/t14-,15+;/m0./s1. The fourth-order valence-corrected chi connectivity index (χ4v) is 3.23. The number of halogens is 3. The molecule has 2 heterocycles. The Balaban J connectivity index is 0.000000633. The number of amides is 2. The number of carboxylic acid groups (broad SMARTS) is 2. The van der Waals surface area contributed by atoms with Crippen molar-refractivity contribution in [1.82, 2.24) is 15.5 Å². The van der Waals surface area contributed by atoms with Crippen LogP contribution >= 0.6 is 0 Å². The number of nitrogens with zero attached hydrogens (tertiary/aromatic N) is 1. The summed E-state index contributed by atoms with van der Waals surface area (Å²) in [5.41, 5.74) is 0. The predicted octanol–water partition coefficient (Wildman–Crippen LogP) is 0.698. The Labute approximate surface area is 183 Å². The quantitative estimate of drug-likeness (QED) is 0.389. The van der Waals surface area contributed by atoms with Crippen LogP contribution in [0.1, 0.15) is 32.1 Å². The molecule has 32 heavy (non-hydrogen) atoms. The molecule has 0 saturated carbocycles.